The zero-order valence-corrected chi connectivity index (χ0v) is 25.6. The number of methoxy groups -OCH3 is 1. The zero-order valence-electron chi connectivity index (χ0n) is 24.8. The number of aromatic nitrogens is 3. The molecule has 0 spiro atoms. The quantitative estimate of drug-likeness (QED) is 0.205. The minimum absolute atomic E-state index is 0.0130. The number of hydrogen-bond acceptors (Lipinski definition) is 8. The molecule has 0 aliphatic rings. The number of fused-ring (bicyclic) bond motifs is 1. The summed E-state index contributed by atoms with van der Waals surface area (Å²) in [5.41, 5.74) is 3.52. The van der Waals surface area contributed by atoms with Gasteiger partial charge in [-0.25, -0.2) is 27.0 Å². The van der Waals surface area contributed by atoms with Crippen LogP contribution in [0.2, 0.25) is 0 Å². The van der Waals surface area contributed by atoms with Crippen molar-refractivity contribution in [3.05, 3.63) is 103 Å². The van der Waals surface area contributed by atoms with E-state index in [-0.39, 0.29) is 34.0 Å². The number of amides is 2. The molecule has 1 radical (unpaired) electrons. The van der Waals surface area contributed by atoms with Crippen LogP contribution in [0.4, 0.5) is 26.5 Å². The molecule has 0 aliphatic heterocycles. The van der Waals surface area contributed by atoms with E-state index in [1.165, 1.54) is 55.5 Å². The lowest BCUT2D eigenvalue weighted by Crippen LogP contribution is -2.27. The summed E-state index contributed by atoms with van der Waals surface area (Å²) in [7, 11) is -2.18. The van der Waals surface area contributed by atoms with Gasteiger partial charge in [0.1, 0.15) is 18.2 Å². The van der Waals surface area contributed by atoms with Crippen LogP contribution in [-0.2, 0) is 19.4 Å². The highest BCUT2D eigenvalue weighted by atomic mass is 32.2. The molecule has 0 fully saturated rings. The standard InChI is InChI=1S/C32H29FN5O6S/c1-5-44-32(40)38(27-16-15-26(45(4,41)42)18-28(27)43-3)31-35-29-17-10-23(19-37(29)36-31)22-8-13-25(14-9-22)34-30(39)20(2)21-6-11-24(33)12-7-21/h5-20H,1-4H3,(H,34,39)/t20-/m1/s1. The van der Waals surface area contributed by atoms with E-state index in [2.05, 4.69) is 15.4 Å². The van der Waals surface area contributed by atoms with Crippen molar-refractivity contribution in [2.75, 3.05) is 23.6 Å². The third-order valence-electron chi connectivity index (χ3n) is 6.99. The summed E-state index contributed by atoms with van der Waals surface area (Å²) in [4.78, 5) is 31.4. The summed E-state index contributed by atoms with van der Waals surface area (Å²) in [6.45, 7) is 4.49. The van der Waals surface area contributed by atoms with E-state index in [4.69, 9.17) is 9.47 Å². The lowest BCUT2D eigenvalue weighted by molar-refractivity contribution is -0.117. The molecule has 0 saturated carbocycles. The van der Waals surface area contributed by atoms with Gasteiger partial charge < -0.3 is 14.8 Å². The number of ether oxygens (including phenoxy) is 2. The second-order valence-electron chi connectivity index (χ2n) is 10.0. The predicted octanol–water partition coefficient (Wildman–Crippen LogP) is 6.15. The largest absolute Gasteiger partial charge is 0.495 e. The number of anilines is 3. The molecule has 1 atom stereocenters. The average Bonchev–Trinajstić information content (AvgIpc) is 3.44. The molecule has 13 heteroatoms. The second kappa shape index (κ2) is 12.7. The van der Waals surface area contributed by atoms with Crippen molar-refractivity contribution in [2.45, 2.75) is 24.7 Å². The van der Waals surface area contributed by atoms with Crippen LogP contribution in [0.1, 0.15) is 25.3 Å². The number of carbonyl (C=O) groups excluding carboxylic acids is 2. The van der Waals surface area contributed by atoms with E-state index in [1.807, 2.05) is 18.2 Å². The molecule has 45 heavy (non-hydrogen) atoms. The average molecular weight is 631 g/mol. The van der Waals surface area contributed by atoms with Crippen molar-refractivity contribution in [3.63, 3.8) is 0 Å². The minimum atomic E-state index is -3.54. The van der Waals surface area contributed by atoms with Crippen LogP contribution in [-0.4, -0.2) is 48.4 Å². The van der Waals surface area contributed by atoms with E-state index >= 15 is 0 Å². The Labute approximate surface area is 259 Å². The van der Waals surface area contributed by atoms with Gasteiger partial charge in [0.2, 0.25) is 5.91 Å². The molecule has 5 rings (SSSR count). The van der Waals surface area contributed by atoms with Crippen molar-refractivity contribution < 1.29 is 31.9 Å². The normalized spacial score (nSPS) is 12.0. The molecule has 1 N–H and O–H groups in total. The Hall–Kier alpha value is -5.30. The Morgan fingerprint density at radius 2 is 1.69 bits per heavy atom. The molecule has 11 nitrogen and oxygen atoms in total. The molecule has 3 aromatic carbocycles. The van der Waals surface area contributed by atoms with Crippen molar-refractivity contribution in [2.24, 2.45) is 0 Å². The first-order chi connectivity index (χ1) is 21.5. The van der Waals surface area contributed by atoms with Gasteiger partial charge in [0.05, 0.1) is 23.6 Å². The first-order valence-corrected chi connectivity index (χ1v) is 15.6. The van der Waals surface area contributed by atoms with Gasteiger partial charge in [-0.15, -0.1) is 5.10 Å². The number of hydrogen-bond donors (Lipinski definition) is 1. The summed E-state index contributed by atoms with van der Waals surface area (Å²) in [6.07, 6.45) is 1.97. The molecule has 5 aromatic rings. The number of sulfone groups is 1. The number of rotatable bonds is 9. The number of halogens is 1. The van der Waals surface area contributed by atoms with Crippen molar-refractivity contribution in [1.29, 1.82) is 0 Å². The van der Waals surface area contributed by atoms with E-state index in [0.717, 1.165) is 22.3 Å². The zero-order chi connectivity index (χ0) is 32.3. The molecule has 0 aliphatic carbocycles. The molecular weight excluding hydrogens is 601 g/mol. The summed E-state index contributed by atoms with van der Waals surface area (Å²) in [5, 5.41) is 7.38. The van der Waals surface area contributed by atoms with Crippen molar-refractivity contribution >= 4 is 44.8 Å². The topological polar surface area (TPSA) is 132 Å². The number of benzene rings is 3. The fraction of sp³-hybridized carbons (Fsp3) is 0.156. The fourth-order valence-corrected chi connectivity index (χ4v) is 5.19. The molecule has 0 saturated heterocycles. The Kier molecular flexibility index (Phi) is 8.82. The van der Waals surface area contributed by atoms with Gasteiger partial charge in [0.15, 0.2) is 15.5 Å². The van der Waals surface area contributed by atoms with Gasteiger partial charge in [0.25, 0.3) is 5.95 Å². The molecule has 2 heterocycles. The predicted molar refractivity (Wildman–Crippen MR) is 167 cm³/mol. The van der Waals surface area contributed by atoms with Gasteiger partial charge in [-0.05, 0) is 73.5 Å². The van der Waals surface area contributed by atoms with Crippen LogP contribution in [0.3, 0.4) is 0 Å². The highest BCUT2D eigenvalue weighted by Gasteiger charge is 2.28. The SMILES string of the molecule is C[CH]OC(=O)N(c1nc2ccc(-c3ccc(NC(=O)[C@H](C)c4ccc(F)cc4)cc3)cn2n1)c1ccc(S(C)(=O)=O)cc1OC. The number of nitrogens with one attached hydrogen (secondary N) is 1. The number of pyridine rings is 1. The van der Waals surface area contributed by atoms with Crippen molar-refractivity contribution in [3.8, 4) is 16.9 Å². The molecular formula is C32H29FN5O6S. The van der Waals surface area contributed by atoms with Crippen LogP contribution in [0.25, 0.3) is 16.8 Å². The van der Waals surface area contributed by atoms with Crippen LogP contribution in [0.5, 0.6) is 5.75 Å². The van der Waals surface area contributed by atoms with E-state index in [1.54, 1.807) is 43.5 Å². The lowest BCUT2D eigenvalue weighted by atomic mass is 10.00. The van der Waals surface area contributed by atoms with Crippen LogP contribution in [0, 0.1) is 12.4 Å². The molecule has 0 bridgehead atoms. The van der Waals surface area contributed by atoms with E-state index in [0.29, 0.717) is 16.9 Å². The fourth-order valence-electron chi connectivity index (χ4n) is 4.55. The van der Waals surface area contributed by atoms with Gasteiger partial charge in [-0.2, -0.15) is 4.98 Å². The number of nitrogens with zero attached hydrogens (tertiary/aromatic N) is 4. The van der Waals surface area contributed by atoms with Gasteiger partial charge in [0, 0.05) is 29.8 Å². The molecule has 2 amide bonds. The number of carbonyl (C=O) groups is 2. The Morgan fingerprint density at radius 1 is 1.00 bits per heavy atom. The summed E-state index contributed by atoms with van der Waals surface area (Å²) < 4.78 is 49.5. The summed E-state index contributed by atoms with van der Waals surface area (Å²) in [5.74, 6) is -0.989. The first-order valence-electron chi connectivity index (χ1n) is 13.7. The molecule has 2 aromatic heterocycles. The maximum absolute atomic E-state index is 13.2. The Balaban J connectivity index is 1.41. The maximum atomic E-state index is 13.2. The second-order valence-corrected chi connectivity index (χ2v) is 12.0. The van der Waals surface area contributed by atoms with E-state index in [9.17, 15) is 22.4 Å². The highest BCUT2D eigenvalue weighted by molar-refractivity contribution is 7.90. The third kappa shape index (κ3) is 6.78. The van der Waals surface area contributed by atoms with Gasteiger partial charge >= 0.3 is 6.09 Å². The lowest BCUT2D eigenvalue weighted by Gasteiger charge is -2.20. The van der Waals surface area contributed by atoms with E-state index < -0.39 is 21.8 Å². The Bertz CT molecular complexity index is 1980. The smallest absolute Gasteiger partial charge is 0.421 e. The monoisotopic (exact) mass is 630 g/mol. The van der Waals surface area contributed by atoms with Gasteiger partial charge in [-0.3, -0.25) is 4.79 Å². The van der Waals surface area contributed by atoms with Gasteiger partial charge in [-0.1, -0.05) is 24.3 Å². The highest BCUT2D eigenvalue weighted by Crippen LogP contribution is 2.35. The third-order valence-corrected chi connectivity index (χ3v) is 8.10. The molecule has 0 unspecified atom stereocenters. The summed E-state index contributed by atoms with van der Waals surface area (Å²) in [6, 6.07) is 20.7. The van der Waals surface area contributed by atoms with Crippen LogP contribution in [0.15, 0.2) is 90.0 Å². The van der Waals surface area contributed by atoms with Crippen LogP contribution >= 0.6 is 0 Å². The molecule has 231 valence electrons. The summed E-state index contributed by atoms with van der Waals surface area (Å²) >= 11 is 0. The minimum Gasteiger partial charge on any atom is -0.495 e. The van der Waals surface area contributed by atoms with Crippen molar-refractivity contribution in [1.82, 2.24) is 14.6 Å². The first kappa shape index (κ1) is 31.1. The van der Waals surface area contributed by atoms with Crippen LogP contribution < -0.4 is 15.0 Å². The maximum Gasteiger partial charge on any atom is 0.421 e. The Morgan fingerprint density at radius 3 is 2.33 bits per heavy atom.